The molecule has 4 rings (SSSR count). The van der Waals surface area contributed by atoms with Gasteiger partial charge in [0.2, 0.25) is 0 Å². The lowest BCUT2D eigenvalue weighted by Gasteiger charge is -2.35. The molecule has 0 radical (unpaired) electrons. The van der Waals surface area contributed by atoms with Crippen LogP contribution >= 0.6 is 11.6 Å². The number of ether oxygens (including phenoxy) is 1. The van der Waals surface area contributed by atoms with Gasteiger partial charge in [0, 0.05) is 43.6 Å². The van der Waals surface area contributed by atoms with Gasteiger partial charge in [-0.2, -0.15) is 0 Å². The number of hydrogen-bond donors (Lipinski definition) is 0. The van der Waals surface area contributed by atoms with E-state index in [0.717, 1.165) is 17.5 Å². The Morgan fingerprint density at radius 1 is 1.10 bits per heavy atom. The van der Waals surface area contributed by atoms with E-state index < -0.39 is 0 Å². The minimum atomic E-state index is -0.0401. The second-order valence-electron chi connectivity index (χ2n) is 6.71. The molecule has 150 valence electrons. The third kappa shape index (κ3) is 4.48. The van der Waals surface area contributed by atoms with Crippen LogP contribution in [-0.4, -0.2) is 63.3 Å². The number of benzene rings is 1. The zero-order valence-corrected chi connectivity index (χ0v) is 16.8. The molecule has 0 aliphatic carbocycles. The van der Waals surface area contributed by atoms with Crippen LogP contribution in [0.2, 0.25) is 5.02 Å². The zero-order valence-electron chi connectivity index (χ0n) is 16.0. The van der Waals surface area contributed by atoms with Gasteiger partial charge in [0.25, 0.3) is 5.91 Å². The van der Waals surface area contributed by atoms with Crippen molar-refractivity contribution in [2.45, 2.75) is 6.92 Å². The topological polar surface area (TPSA) is 76.4 Å². The average molecular weight is 413 g/mol. The van der Waals surface area contributed by atoms with Crippen LogP contribution in [-0.2, 0) is 4.79 Å². The normalized spacial score (nSPS) is 14.1. The van der Waals surface area contributed by atoms with Crippen LogP contribution in [0.3, 0.4) is 0 Å². The van der Waals surface area contributed by atoms with Crippen molar-refractivity contribution in [3.05, 3.63) is 59.6 Å². The lowest BCUT2D eigenvalue weighted by Crippen LogP contribution is -2.50. The molecule has 8 nitrogen and oxygen atoms in total. The number of hydrogen-bond acceptors (Lipinski definition) is 6. The number of imidazole rings is 1. The standard InChI is InChI=1S/C20H21ClN6O2/c1-15-22-7-8-27(15)19-6-5-18(23-24-19)25-9-11-26(12-10-25)20(28)14-29-17-4-2-3-16(21)13-17/h2-8,13H,9-12,14H2,1H3. The van der Waals surface area contributed by atoms with Crippen molar-refractivity contribution >= 4 is 23.3 Å². The summed E-state index contributed by atoms with van der Waals surface area (Å²) in [5.74, 6) is 2.94. The smallest absolute Gasteiger partial charge is 0.260 e. The summed E-state index contributed by atoms with van der Waals surface area (Å²) in [5.41, 5.74) is 0. The fraction of sp³-hybridized carbons (Fsp3) is 0.300. The summed E-state index contributed by atoms with van der Waals surface area (Å²) < 4.78 is 7.43. The van der Waals surface area contributed by atoms with Crippen molar-refractivity contribution in [3.8, 4) is 11.6 Å². The van der Waals surface area contributed by atoms with Crippen molar-refractivity contribution in [1.82, 2.24) is 24.6 Å². The molecule has 2 aromatic heterocycles. The molecule has 9 heteroatoms. The van der Waals surface area contributed by atoms with E-state index in [1.165, 1.54) is 0 Å². The molecule has 0 saturated carbocycles. The monoisotopic (exact) mass is 412 g/mol. The first-order valence-electron chi connectivity index (χ1n) is 9.35. The van der Waals surface area contributed by atoms with E-state index in [0.29, 0.717) is 37.0 Å². The summed E-state index contributed by atoms with van der Waals surface area (Å²) in [7, 11) is 0. The second kappa shape index (κ2) is 8.48. The average Bonchev–Trinajstić information content (AvgIpc) is 3.18. The highest BCUT2D eigenvalue weighted by Crippen LogP contribution is 2.18. The molecule has 1 amide bonds. The van der Waals surface area contributed by atoms with E-state index >= 15 is 0 Å². The molecule has 0 atom stereocenters. The van der Waals surface area contributed by atoms with Gasteiger partial charge in [0.15, 0.2) is 18.2 Å². The van der Waals surface area contributed by atoms with Gasteiger partial charge in [0.05, 0.1) is 0 Å². The summed E-state index contributed by atoms with van der Waals surface area (Å²) >= 11 is 5.93. The Morgan fingerprint density at radius 2 is 1.86 bits per heavy atom. The summed E-state index contributed by atoms with van der Waals surface area (Å²) in [6.07, 6.45) is 3.59. The number of amides is 1. The Labute approximate surface area is 173 Å². The van der Waals surface area contributed by atoms with Crippen LogP contribution in [0, 0.1) is 6.92 Å². The van der Waals surface area contributed by atoms with Gasteiger partial charge in [-0.3, -0.25) is 9.36 Å². The molecule has 1 aliphatic rings. The molecule has 1 saturated heterocycles. The lowest BCUT2D eigenvalue weighted by atomic mass is 10.3. The number of carbonyl (C=O) groups is 1. The molecule has 0 unspecified atom stereocenters. The van der Waals surface area contributed by atoms with Gasteiger partial charge in [-0.15, -0.1) is 10.2 Å². The number of anilines is 1. The van der Waals surface area contributed by atoms with Gasteiger partial charge < -0.3 is 14.5 Å². The van der Waals surface area contributed by atoms with E-state index in [9.17, 15) is 4.79 Å². The van der Waals surface area contributed by atoms with Crippen molar-refractivity contribution in [2.75, 3.05) is 37.7 Å². The highest BCUT2D eigenvalue weighted by atomic mass is 35.5. The minimum absolute atomic E-state index is 0.000891. The van der Waals surface area contributed by atoms with Crippen LogP contribution in [0.15, 0.2) is 48.8 Å². The molecule has 1 aliphatic heterocycles. The predicted octanol–water partition coefficient (Wildman–Crippen LogP) is 2.35. The molecular weight excluding hydrogens is 392 g/mol. The van der Waals surface area contributed by atoms with E-state index in [2.05, 4.69) is 20.1 Å². The molecule has 3 aromatic rings. The Hall–Kier alpha value is -3.13. The Kier molecular flexibility index (Phi) is 5.62. The predicted molar refractivity (Wildman–Crippen MR) is 110 cm³/mol. The SMILES string of the molecule is Cc1nccn1-c1ccc(N2CCN(C(=O)COc3cccc(Cl)c3)CC2)nn1. The highest BCUT2D eigenvalue weighted by Gasteiger charge is 2.22. The number of nitrogens with zero attached hydrogens (tertiary/aromatic N) is 6. The first kappa shape index (κ1) is 19.2. The highest BCUT2D eigenvalue weighted by molar-refractivity contribution is 6.30. The molecule has 1 fully saturated rings. The maximum Gasteiger partial charge on any atom is 0.260 e. The third-order valence-corrected chi connectivity index (χ3v) is 5.06. The fourth-order valence-corrected chi connectivity index (χ4v) is 3.39. The summed E-state index contributed by atoms with van der Waals surface area (Å²) in [6.45, 7) is 4.53. The zero-order chi connectivity index (χ0) is 20.2. The minimum Gasteiger partial charge on any atom is -0.484 e. The summed E-state index contributed by atoms with van der Waals surface area (Å²) in [6, 6.07) is 10.9. The van der Waals surface area contributed by atoms with E-state index in [1.54, 1.807) is 35.4 Å². The quantitative estimate of drug-likeness (QED) is 0.640. The largest absolute Gasteiger partial charge is 0.484 e. The molecule has 1 aromatic carbocycles. The van der Waals surface area contributed by atoms with Crippen molar-refractivity contribution < 1.29 is 9.53 Å². The maximum atomic E-state index is 12.4. The Balaban J connectivity index is 1.30. The second-order valence-corrected chi connectivity index (χ2v) is 7.14. The molecule has 0 N–H and O–H groups in total. The maximum absolute atomic E-state index is 12.4. The van der Waals surface area contributed by atoms with E-state index in [1.807, 2.05) is 29.8 Å². The van der Waals surface area contributed by atoms with Gasteiger partial charge in [-0.25, -0.2) is 4.98 Å². The van der Waals surface area contributed by atoms with Crippen molar-refractivity contribution in [3.63, 3.8) is 0 Å². The number of piperazine rings is 1. The molecule has 0 spiro atoms. The van der Waals surface area contributed by atoms with Crippen molar-refractivity contribution in [1.29, 1.82) is 0 Å². The number of carbonyl (C=O) groups excluding carboxylic acids is 1. The molecular formula is C20H21ClN6O2. The first-order chi connectivity index (χ1) is 14.1. The number of halogens is 1. The molecule has 29 heavy (non-hydrogen) atoms. The van der Waals surface area contributed by atoms with Gasteiger partial charge >= 0.3 is 0 Å². The number of aromatic nitrogens is 4. The van der Waals surface area contributed by atoms with Crippen LogP contribution < -0.4 is 9.64 Å². The van der Waals surface area contributed by atoms with Crippen molar-refractivity contribution in [2.24, 2.45) is 0 Å². The van der Waals surface area contributed by atoms with Gasteiger partial charge in [-0.1, -0.05) is 17.7 Å². The lowest BCUT2D eigenvalue weighted by molar-refractivity contribution is -0.133. The van der Waals surface area contributed by atoms with Crippen LogP contribution in [0.1, 0.15) is 5.82 Å². The van der Waals surface area contributed by atoms with Gasteiger partial charge in [-0.05, 0) is 37.3 Å². The van der Waals surface area contributed by atoms with Crippen LogP contribution in [0.5, 0.6) is 5.75 Å². The van der Waals surface area contributed by atoms with Crippen LogP contribution in [0.25, 0.3) is 5.82 Å². The van der Waals surface area contributed by atoms with Gasteiger partial charge in [0.1, 0.15) is 11.6 Å². The first-order valence-corrected chi connectivity index (χ1v) is 9.73. The Bertz CT molecular complexity index is 983. The molecule has 0 bridgehead atoms. The Morgan fingerprint density at radius 3 is 2.52 bits per heavy atom. The summed E-state index contributed by atoms with van der Waals surface area (Å²) in [4.78, 5) is 20.5. The van der Waals surface area contributed by atoms with Crippen LogP contribution in [0.4, 0.5) is 5.82 Å². The van der Waals surface area contributed by atoms with E-state index in [-0.39, 0.29) is 12.5 Å². The third-order valence-electron chi connectivity index (χ3n) is 4.82. The molecule has 3 heterocycles. The summed E-state index contributed by atoms with van der Waals surface area (Å²) in [5, 5.41) is 9.22. The fourth-order valence-electron chi connectivity index (χ4n) is 3.21. The number of rotatable bonds is 5. The van der Waals surface area contributed by atoms with E-state index in [4.69, 9.17) is 16.3 Å². The number of aryl methyl sites for hydroxylation is 1.